The highest BCUT2D eigenvalue weighted by Gasteiger charge is 2.17. The summed E-state index contributed by atoms with van der Waals surface area (Å²) in [6, 6.07) is 16.3. The lowest BCUT2D eigenvalue weighted by atomic mass is 9.97. The maximum absolute atomic E-state index is 12.6. The minimum Gasteiger partial charge on any atom is -0.497 e. The average molecular weight is 383 g/mol. The fraction of sp³-hybridized carbons (Fsp3) is 0.143. The maximum atomic E-state index is 12.6. The topological polar surface area (TPSA) is 81.4 Å². The van der Waals surface area contributed by atoms with E-state index in [4.69, 9.17) is 22.1 Å². The third-order valence-electron chi connectivity index (χ3n) is 4.46. The molecule has 0 aliphatic carbocycles. The molecule has 0 radical (unpaired) electrons. The molecular formula is C21H19ClN2O3. The molecule has 0 saturated carbocycles. The number of fused-ring (bicyclic) bond motifs is 1. The summed E-state index contributed by atoms with van der Waals surface area (Å²) in [6.07, 6.45) is 0. The van der Waals surface area contributed by atoms with Crippen molar-refractivity contribution in [3.8, 4) is 5.75 Å². The van der Waals surface area contributed by atoms with Crippen LogP contribution in [0, 0.1) is 0 Å². The number of nitrogens with one attached hydrogen (secondary N) is 1. The first kappa shape index (κ1) is 18.7. The van der Waals surface area contributed by atoms with Crippen LogP contribution in [0.1, 0.15) is 28.8 Å². The summed E-state index contributed by atoms with van der Waals surface area (Å²) < 4.78 is 5.23. The van der Waals surface area contributed by atoms with E-state index in [1.165, 1.54) is 12.1 Å². The summed E-state index contributed by atoms with van der Waals surface area (Å²) in [5.41, 5.74) is 6.81. The minimum atomic E-state index is -0.644. The van der Waals surface area contributed by atoms with Gasteiger partial charge in [0.25, 0.3) is 0 Å². The lowest BCUT2D eigenvalue weighted by Gasteiger charge is -2.14. The number of primary amides is 1. The van der Waals surface area contributed by atoms with E-state index >= 15 is 0 Å². The predicted molar refractivity (Wildman–Crippen MR) is 108 cm³/mol. The zero-order valence-corrected chi connectivity index (χ0v) is 15.7. The molecule has 1 atom stereocenters. The summed E-state index contributed by atoms with van der Waals surface area (Å²) in [4.78, 5) is 24.0. The van der Waals surface area contributed by atoms with E-state index in [1.807, 2.05) is 43.3 Å². The second-order valence-corrected chi connectivity index (χ2v) is 6.65. The van der Waals surface area contributed by atoms with Gasteiger partial charge in [-0.15, -0.1) is 0 Å². The van der Waals surface area contributed by atoms with E-state index in [9.17, 15) is 9.59 Å². The lowest BCUT2D eigenvalue weighted by Crippen LogP contribution is -2.19. The van der Waals surface area contributed by atoms with Gasteiger partial charge in [0, 0.05) is 5.69 Å². The van der Waals surface area contributed by atoms with Crippen molar-refractivity contribution in [2.24, 2.45) is 5.73 Å². The number of hydrogen-bond acceptors (Lipinski definition) is 3. The molecule has 0 saturated heterocycles. The Kier molecular flexibility index (Phi) is 5.33. The molecule has 5 nitrogen and oxygen atoms in total. The number of hydrogen-bond donors (Lipinski definition) is 2. The number of rotatable bonds is 5. The summed E-state index contributed by atoms with van der Waals surface area (Å²) >= 11 is 5.94. The number of halogens is 1. The van der Waals surface area contributed by atoms with Crippen molar-refractivity contribution in [1.82, 2.24) is 0 Å². The van der Waals surface area contributed by atoms with Crippen LogP contribution in [0.2, 0.25) is 5.02 Å². The molecule has 0 bridgehead atoms. The molecule has 0 unspecified atom stereocenters. The molecule has 0 heterocycles. The summed E-state index contributed by atoms with van der Waals surface area (Å²) in [6.45, 7) is 1.82. The number of carbonyl (C=O) groups excluding carboxylic acids is 2. The molecule has 3 aromatic rings. The lowest BCUT2D eigenvalue weighted by molar-refractivity contribution is -0.117. The molecule has 27 heavy (non-hydrogen) atoms. The van der Waals surface area contributed by atoms with Crippen molar-refractivity contribution in [1.29, 1.82) is 0 Å². The van der Waals surface area contributed by atoms with Crippen molar-refractivity contribution in [3.63, 3.8) is 0 Å². The van der Waals surface area contributed by atoms with Crippen LogP contribution in [-0.4, -0.2) is 18.9 Å². The first-order chi connectivity index (χ1) is 12.9. The normalized spacial score (nSPS) is 11.8. The fourth-order valence-corrected chi connectivity index (χ4v) is 3.04. The zero-order chi connectivity index (χ0) is 19.6. The van der Waals surface area contributed by atoms with Gasteiger partial charge in [0.15, 0.2) is 0 Å². The molecular weight excluding hydrogens is 364 g/mol. The molecule has 0 aliphatic rings. The van der Waals surface area contributed by atoms with Crippen molar-refractivity contribution in [2.45, 2.75) is 12.8 Å². The van der Waals surface area contributed by atoms with Crippen LogP contribution in [0.25, 0.3) is 10.8 Å². The van der Waals surface area contributed by atoms with Gasteiger partial charge in [0.1, 0.15) is 5.75 Å². The summed E-state index contributed by atoms with van der Waals surface area (Å²) in [5, 5.41) is 5.11. The Hall–Kier alpha value is -3.05. The van der Waals surface area contributed by atoms with Crippen LogP contribution >= 0.6 is 11.6 Å². The van der Waals surface area contributed by atoms with Crippen LogP contribution in [-0.2, 0) is 4.79 Å². The largest absolute Gasteiger partial charge is 0.497 e. The zero-order valence-electron chi connectivity index (χ0n) is 15.0. The van der Waals surface area contributed by atoms with Gasteiger partial charge in [-0.2, -0.15) is 0 Å². The Balaban J connectivity index is 1.82. The Morgan fingerprint density at radius 3 is 2.44 bits per heavy atom. The van der Waals surface area contributed by atoms with Gasteiger partial charge in [0.05, 0.1) is 23.6 Å². The van der Waals surface area contributed by atoms with Crippen LogP contribution < -0.4 is 15.8 Å². The monoisotopic (exact) mass is 382 g/mol. The fourth-order valence-electron chi connectivity index (χ4n) is 2.83. The van der Waals surface area contributed by atoms with Crippen LogP contribution in [0.4, 0.5) is 5.69 Å². The highest BCUT2D eigenvalue weighted by atomic mass is 35.5. The molecule has 6 heteroatoms. The predicted octanol–water partition coefficient (Wildman–Crippen LogP) is 4.34. The molecule has 0 spiro atoms. The standard InChI is InChI=1S/C21H19ClN2O3/c1-12(13-3-4-15-10-17(27-2)7-5-14(15)9-13)21(26)24-16-6-8-19(22)18(11-16)20(23)25/h3-12H,1-2H3,(H2,23,25)(H,24,26)/t12-/m0/s1. The van der Waals surface area contributed by atoms with Crippen LogP contribution in [0.3, 0.4) is 0 Å². The summed E-state index contributed by atoms with van der Waals surface area (Å²) in [7, 11) is 1.63. The van der Waals surface area contributed by atoms with Gasteiger partial charge in [-0.1, -0.05) is 35.9 Å². The second kappa shape index (κ2) is 7.68. The average Bonchev–Trinajstić information content (AvgIpc) is 2.67. The van der Waals surface area contributed by atoms with Crippen molar-refractivity contribution >= 4 is 39.9 Å². The highest BCUT2D eigenvalue weighted by Crippen LogP contribution is 2.26. The molecule has 2 amide bonds. The summed E-state index contributed by atoms with van der Waals surface area (Å²) in [5.74, 6) is -0.437. The van der Waals surface area contributed by atoms with E-state index < -0.39 is 5.91 Å². The second-order valence-electron chi connectivity index (χ2n) is 6.24. The molecule has 0 aromatic heterocycles. The maximum Gasteiger partial charge on any atom is 0.250 e. The molecule has 138 valence electrons. The smallest absolute Gasteiger partial charge is 0.250 e. The van der Waals surface area contributed by atoms with E-state index in [1.54, 1.807) is 13.2 Å². The Morgan fingerprint density at radius 2 is 1.74 bits per heavy atom. The van der Waals surface area contributed by atoms with E-state index in [-0.39, 0.29) is 22.4 Å². The Morgan fingerprint density at radius 1 is 1.04 bits per heavy atom. The Bertz CT molecular complexity index is 1030. The number of carbonyl (C=O) groups is 2. The minimum absolute atomic E-state index is 0.168. The SMILES string of the molecule is COc1ccc2cc([C@H](C)C(=O)Nc3ccc(Cl)c(C(N)=O)c3)ccc2c1. The first-order valence-electron chi connectivity index (χ1n) is 8.37. The van der Waals surface area contributed by atoms with Gasteiger partial charge in [-0.3, -0.25) is 9.59 Å². The van der Waals surface area contributed by atoms with Gasteiger partial charge in [-0.25, -0.2) is 0 Å². The van der Waals surface area contributed by atoms with Gasteiger partial charge >= 0.3 is 0 Å². The van der Waals surface area contributed by atoms with E-state index in [2.05, 4.69) is 5.32 Å². The quantitative estimate of drug-likeness (QED) is 0.688. The number of nitrogens with two attached hydrogens (primary N) is 1. The number of ether oxygens (including phenoxy) is 1. The number of methoxy groups -OCH3 is 1. The van der Waals surface area contributed by atoms with Gasteiger partial charge < -0.3 is 15.8 Å². The molecule has 3 N–H and O–H groups in total. The van der Waals surface area contributed by atoms with Crippen molar-refractivity contribution in [3.05, 3.63) is 70.7 Å². The number of amides is 2. The van der Waals surface area contributed by atoms with Crippen LogP contribution in [0.15, 0.2) is 54.6 Å². The van der Waals surface area contributed by atoms with Gasteiger partial charge in [0.2, 0.25) is 11.8 Å². The molecule has 0 aliphatic heterocycles. The van der Waals surface area contributed by atoms with Crippen molar-refractivity contribution in [2.75, 3.05) is 12.4 Å². The number of benzene rings is 3. The number of anilines is 1. The third-order valence-corrected chi connectivity index (χ3v) is 4.79. The highest BCUT2D eigenvalue weighted by molar-refractivity contribution is 6.34. The van der Waals surface area contributed by atoms with Crippen LogP contribution in [0.5, 0.6) is 5.75 Å². The molecule has 3 aromatic carbocycles. The van der Waals surface area contributed by atoms with E-state index in [0.29, 0.717) is 5.69 Å². The van der Waals surface area contributed by atoms with Gasteiger partial charge in [-0.05, 0) is 53.6 Å². The molecule has 0 fully saturated rings. The first-order valence-corrected chi connectivity index (χ1v) is 8.75. The molecule has 3 rings (SSSR count). The van der Waals surface area contributed by atoms with Crippen molar-refractivity contribution < 1.29 is 14.3 Å². The third kappa shape index (κ3) is 4.04. The van der Waals surface area contributed by atoms with E-state index in [0.717, 1.165) is 22.1 Å². The Labute approximate surface area is 162 Å².